The molecule has 0 bridgehead atoms. The highest BCUT2D eigenvalue weighted by Gasteiger charge is 2.22. The van der Waals surface area contributed by atoms with Crippen molar-refractivity contribution in [1.82, 2.24) is 4.57 Å². The first-order valence-electron chi connectivity index (χ1n) is 9.75. The molecule has 1 aromatic heterocycles. The molecule has 29 heavy (non-hydrogen) atoms. The topological polar surface area (TPSA) is 52.5 Å². The van der Waals surface area contributed by atoms with E-state index in [2.05, 4.69) is 23.7 Å². The summed E-state index contributed by atoms with van der Waals surface area (Å²) in [4.78, 5) is 13.2. The van der Waals surface area contributed by atoms with Crippen LogP contribution in [-0.2, 0) is 13.0 Å². The summed E-state index contributed by atoms with van der Waals surface area (Å²) in [6, 6.07) is 15.3. The molecule has 0 fully saturated rings. The van der Waals surface area contributed by atoms with Gasteiger partial charge in [-0.1, -0.05) is 19.1 Å². The maximum absolute atomic E-state index is 13.2. The molecule has 0 saturated carbocycles. The Hall–Kier alpha value is -3.21. The minimum absolute atomic E-state index is 0.113. The summed E-state index contributed by atoms with van der Waals surface area (Å²) in [5.74, 6) is 1.45. The van der Waals surface area contributed by atoms with Gasteiger partial charge in [0.1, 0.15) is 17.2 Å². The summed E-state index contributed by atoms with van der Waals surface area (Å²) in [5.41, 5.74) is 5.88. The van der Waals surface area contributed by atoms with Crippen LogP contribution < -0.4 is 14.8 Å². The summed E-state index contributed by atoms with van der Waals surface area (Å²) in [7, 11) is 3.28. The lowest BCUT2D eigenvalue weighted by Gasteiger charge is -2.14. The molecular formula is C24H28N2O3. The fraction of sp³-hybridized carbons (Fsp3) is 0.292. The largest absolute Gasteiger partial charge is 0.497 e. The average Bonchev–Trinajstić information content (AvgIpc) is 2.97. The van der Waals surface area contributed by atoms with E-state index in [9.17, 15) is 4.79 Å². The molecule has 3 rings (SSSR count). The molecular weight excluding hydrogens is 364 g/mol. The van der Waals surface area contributed by atoms with Gasteiger partial charge in [0, 0.05) is 17.9 Å². The zero-order chi connectivity index (χ0) is 21.0. The number of aromatic nitrogens is 1. The number of hydrogen-bond acceptors (Lipinski definition) is 3. The summed E-state index contributed by atoms with van der Waals surface area (Å²) < 4.78 is 12.6. The molecule has 5 nitrogen and oxygen atoms in total. The van der Waals surface area contributed by atoms with Crippen molar-refractivity contribution >= 4 is 11.6 Å². The Morgan fingerprint density at radius 2 is 1.69 bits per heavy atom. The van der Waals surface area contributed by atoms with Crippen LogP contribution in [0.1, 0.15) is 39.8 Å². The fourth-order valence-corrected chi connectivity index (χ4v) is 3.78. The number of anilines is 1. The van der Waals surface area contributed by atoms with Gasteiger partial charge in [0.05, 0.1) is 14.2 Å². The number of carbonyl (C=O) groups is 1. The SMILES string of the molecule is CCc1c(C)c(C(=O)Nc2ccc(OC)cc2)n(Cc2cccc(OC)c2)c1C. The van der Waals surface area contributed by atoms with Crippen LogP contribution in [0.3, 0.4) is 0 Å². The number of nitrogens with zero attached hydrogens (tertiary/aromatic N) is 1. The standard InChI is InChI=1S/C24H28N2O3/c1-6-22-16(2)23(24(27)25-19-10-12-20(28-4)13-11-19)26(17(22)3)15-18-8-7-9-21(14-18)29-5/h7-14H,6,15H2,1-5H3,(H,25,27). The summed E-state index contributed by atoms with van der Waals surface area (Å²) in [6.07, 6.45) is 0.881. The average molecular weight is 392 g/mol. The monoisotopic (exact) mass is 392 g/mol. The van der Waals surface area contributed by atoms with Crippen molar-refractivity contribution in [2.24, 2.45) is 0 Å². The van der Waals surface area contributed by atoms with Gasteiger partial charge in [-0.05, 0) is 73.4 Å². The highest BCUT2D eigenvalue weighted by molar-refractivity contribution is 6.04. The van der Waals surface area contributed by atoms with Gasteiger partial charge in [0.15, 0.2) is 0 Å². The molecule has 1 N–H and O–H groups in total. The summed E-state index contributed by atoms with van der Waals surface area (Å²) in [5, 5.41) is 3.02. The molecule has 0 aliphatic rings. The van der Waals surface area contributed by atoms with Crippen LogP contribution >= 0.6 is 0 Å². The number of carbonyl (C=O) groups excluding carboxylic acids is 1. The predicted octanol–water partition coefficient (Wildman–Crippen LogP) is 4.99. The zero-order valence-electron chi connectivity index (χ0n) is 17.7. The molecule has 0 unspecified atom stereocenters. The molecule has 0 atom stereocenters. The van der Waals surface area contributed by atoms with E-state index in [1.54, 1.807) is 14.2 Å². The highest BCUT2D eigenvalue weighted by atomic mass is 16.5. The Kier molecular flexibility index (Phi) is 6.27. The van der Waals surface area contributed by atoms with Gasteiger partial charge in [-0.3, -0.25) is 4.79 Å². The lowest BCUT2D eigenvalue weighted by Crippen LogP contribution is -2.19. The molecule has 0 spiro atoms. The second-order valence-corrected chi connectivity index (χ2v) is 7.01. The second kappa shape index (κ2) is 8.86. The molecule has 1 heterocycles. The van der Waals surface area contributed by atoms with E-state index in [1.807, 2.05) is 55.5 Å². The van der Waals surface area contributed by atoms with Crippen LogP contribution in [0.15, 0.2) is 48.5 Å². The van der Waals surface area contributed by atoms with Crippen LogP contribution in [0.25, 0.3) is 0 Å². The van der Waals surface area contributed by atoms with Crippen LogP contribution in [0.5, 0.6) is 11.5 Å². The Labute approximate surface area is 172 Å². The molecule has 1 amide bonds. The van der Waals surface area contributed by atoms with E-state index in [0.29, 0.717) is 12.2 Å². The number of nitrogens with one attached hydrogen (secondary N) is 1. The van der Waals surface area contributed by atoms with E-state index in [4.69, 9.17) is 9.47 Å². The predicted molar refractivity (Wildman–Crippen MR) is 116 cm³/mol. The third kappa shape index (κ3) is 4.29. The van der Waals surface area contributed by atoms with Crippen molar-refractivity contribution in [2.45, 2.75) is 33.7 Å². The summed E-state index contributed by atoms with van der Waals surface area (Å²) >= 11 is 0. The van der Waals surface area contributed by atoms with E-state index in [1.165, 1.54) is 5.56 Å². The number of ether oxygens (including phenoxy) is 2. The number of methoxy groups -OCH3 is 2. The molecule has 0 aliphatic carbocycles. The molecule has 5 heteroatoms. The van der Waals surface area contributed by atoms with Crippen LogP contribution in [0, 0.1) is 13.8 Å². The summed E-state index contributed by atoms with van der Waals surface area (Å²) in [6.45, 7) is 6.83. The Balaban J connectivity index is 1.96. The quantitative estimate of drug-likeness (QED) is 0.617. The van der Waals surface area contributed by atoms with Crippen molar-refractivity contribution in [3.05, 3.63) is 76.6 Å². The number of amides is 1. The highest BCUT2D eigenvalue weighted by Crippen LogP contribution is 2.26. The van der Waals surface area contributed by atoms with Gasteiger partial charge in [-0.25, -0.2) is 0 Å². The maximum Gasteiger partial charge on any atom is 0.272 e. The van der Waals surface area contributed by atoms with Crippen molar-refractivity contribution in [1.29, 1.82) is 0 Å². The molecule has 2 aromatic carbocycles. The van der Waals surface area contributed by atoms with E-state index >= 15 is 0 Å². The normalized spacial score (nSPS) is 10.7. The van der Waals surface area contributed by atoms with E-state index in [0.717, 1.165) is 40.4 Å². The second-order valence-electron chi connectivity index (χ2n) is 7.01. The lowest BCUT2D eigenvalue weighted by atomic mass is 10.1. The molecule has 0 radical (unpaired) electrons. The van der Waals surface area contributed by atoms with Crippen molar-refractivity contribution in [3.63, 3.8) is 0 Å². The van der Waals surface area contributed by atoms with Crippen molar-refractivity contribution < 1.29 is 14.3 Å². The number of benzene rings is 2. The number of rotatable bonds is 7. The van der Waals surface area contributed by atoms with E-state index < -0.39 is 0 Å². The van der Waals surface area contributed by atoms with Crippen LogP contribution in [0.4, 0.5) is 5.69 Å². The van der Waals surface area contributed by atoms with Crippen molar-refractivity contribution in [3.8, 4) is 11.5 Å². The van der Waals surface area contributed by atoms with Gasteiger partial charge < -0.3 is 19.4 Å². The molecule has 152 valence electrons. The molecule has 0 aliphatic heterocycles. The van der Waals surface area contributed by atoms with Gasteiger partial charge in [-0.2, -0.15) is 0 Å². The number of hydrogen-bond donors (Lipinski definition) is 1. The first-order chi connectivity index (χ1) is 14.0. The molecule has 3 aromatic rings. The third-order valence-electron chi connectivity index (χ3n) is 5.31. The third-order valence-corrected chi connectivity index (χ3v) is 5.31. The van der Waals surface area contributed by atoms with Gasteiger partial charge in [0.2, 0.25) is 0 Å². The van der Waals surface area contributed by atoms with Gasteiger partial charge in [-0.15, -0.1) is 0 Å². The Bertz CT molecular complexity index is 1000. The Morgan fingerprint density at radius 3 is 2.31 bits per heavy atom. The fourth-order valence-electron chi connectivity index (χ4n) is 3.78. The van der Waals surface area contributed by atoms with Crippen molar-refractivity contribution in [2.75, 3.05) is 19.5 Å². The van der Waals surface area contributed by atoms with E-state index in [-0.39, 0.29) is 5.91 Å². The maximum atomic E-state index is 13.2. The minimum atomic E-state index is -0.113. The Morgan fingerprint density at radius 1 is 1.00 bits per heavy atom. The zero-order valence-corrected chi connectivity index (χ0v) is 17.7. The minimum Gasteiger partial charge on any atom is -0.497 e. The smallest absolute Gasteiger partial charge is 0.272 e. The molecule has 0 saturated heterocycles. The first-order valence-corrected chi connectivity index (χ1v) is 9.75. The van der Waals surface area contributed by atoms with Crippen LogP contribution in [-0.4, -0.2) is 24.7 Å². The van der Waals surface area contributed by atoms with Gasteiger partial charge >= 0.3 is 0 Å². The van der Waals surface area contributed by atoms with Gasteiger partial charge in [0.25, 0.3) is 5.91 Å². The van der Waals surface area contributed by atoms with Crippen LogP contribution in [0.2, 0.25) is 0 Å². The lowest BCUT2D eigenvalue weighted by molar-refractivity contribution is 0.101. The first kappa shape index (κ1) is 20.5.